The van der Waals surface area contributed by atoms with Crippen molar-refractivity contribution >= 4 is 12.0 Å². The Kier molecular flexibility index (Phi) is 7.55. The number of aromatic nitrogens is 3. The Labute approximate surface area is 178 Å². The van der Waals surface area contributed by atoms with Gasteiger partial charge in [0.2, 0.25) is 0 Å². The van der Waals surface area contributed by atoms with Crippen LogP contribution in [0.2, 0.25) is 0 Å². The SMILES string of the molecule is CCC=Cc1nc(CCCCC)nn1Cc1ccc(-c2ccccc2C(=O)O)cc1. The molecule has 3 aromatic rings. The molecule has 0 fully saturated rings. The number of benzene rings is 2. The Morgan fingerprint density at radius 1 is 1.07 bits per heavy atom. The first-order valence-corrected chi connectivity index (χ1v) is 10.6. The fraction of sp³-hybridized carbons (Fsp3) is 0.320. The van der Waals surface area contributed by atoms with Gasteiger partial charge in [0.15, 0.2) is 11.6 Å². The van der Waals surface area contributed by atoms with E-state index in [0.717, 1.165) is 47.6 Å². The number of allylic oxidation sites excluding steroid dienone is 1. The second kappa shape index (κ2) is 10.5. The lowest BCUT2D eigenvalue weighted by molar-refractivity contribution is 0.0697. The van der Waals surface area contributed by atoms with Gasteiger partial charge >= 0.3 is 5.97 Å². The van der Waals surface area contributed by atoms with Crippen LogP contribution in [-0.2, 0) is 13.0 Å². The molecule has 1 N–H and O–H groups in total. The quantitative estimate of drug-likeness (QED) is 0.431. The monoisotopic (exact) mass is 403 g/mol. The minimum atomic E-state index is -0.916. The van der Waals surface area contributed by atoms with Gasteiger partial charge in [-0.25, -0.2) is 14.5 Å². The van der Waals surface area contributed by atoms with Crippen molar-refractivity contribution in [2.75, 3.05) is 0 Å². The second-order valence-electron chi connectivity index (χ2n) is 7.36. The number of carboxylic acid groups (broad SMARTS) is 1. The van der Waals surface area contributed by atoms with Gasteiger partial charge in [-0.2, -0.15) is 5.10 Å². The Morgan fingerprint density at radius 3 is 2.53 bits per heavy atom. The summed E-state index contributed by atoms with van der Waals surface area (Å²) in [4.78, 5) is 16.2. The zero-order valence-electron chi connectivity index (χ0n) is 17.7. The van der Waals surface area contributed by atoms with E-state index < -0.39 is 5.97 Å². The molecule has 0 unspecified atom stereocenters. The number of carbonyl (C=O) groups is 1. The Morgan fingerprint density at radius 2 is 1.83 bits per heavy atom. The average molecular weight is 404 g/mol. The third kappa shape index (κ3) is 5.44. The van der Waals surface area contributed by atoms with Gasteiger partial charge in [-0.05, 0) is 41.7 Å². The number of aryl methyl sites for hydroxylation is 1. The van der Waals surface area contributed by atoms with Crippen LogP contribution >= 0.6 is 0 Å². The number of carboxylic acids is 1. The van der Waals surface area contributed by atoms with E-state index >= 15 is 0 Å². The minimum absolute atomic E-state index is 0.310. The number of aromatic carboxylic acids is 1. The molecule has 0 saturated carbocycles. The van der Waals surface area contributed by atoms with Gasteiger partial charge in [0.1, 0.15) is 0 Å². The van der Waals surface area contributed by atoms with Gasteiger partial charge in [-0.3, -0.25) is 0 Å². The Hall–Kier alpha value is -3.21. The maximum Gasteiger partial charge on any atom is 0.336 e. The Bertz CT molecular complexity index is 1000. The van der Waals surface area contributed by atoms with Crippen molar-refractivity contribution in [1.82, 2.24) is 14.8 Å². The summed E-state index contributed by atoms with van der Waals surface area (Å²) in [5.41, 5.74) is 3.02. The van der Waals surface area contributed by atoms with Crippen LogP contribution in [0.25, 0.3) is 17.2 Å². The summed E-state index contributed by atoms with van der Waals surface area (Å²) >= 11 is 0. The van der Waals surface area contributed by atoms with Crippen LogP contribution in [0.1, 0.15) is 67.1 Å². The summed E-state index contributed by atoms with van der Waals surface area (Å²) in [7, 11) is 0. The van der Waals surface area contributed by atoms with Gasteiger partial charge in [0.05, 0.1) is 12.1 Å². The van der Waals surface area contributed by atoms with E-state index in [9.17, 15) is 9.90 Å². The third-order valence-corrected chi connectivity index (χ3v) is 5.01. The van der Waals surface area contributed by atoms with Crippen molar-refractivity contribution < 1.29 is 9.90 Å². The van der Waals surface area contributed by atoms with Crippen LogP contribution in [0, 0.1) is 0 Å². The number of hydrogen-bond acceptors (Lipinski definition) is 3. The number of hydrogen-bond donors (Lipinski definition) is 1. The fourth-order valence-corrected chi connectivity index (χ4v) is 3.39. The predicted octanol–water partition coefficient (Wildman–Crippen LogP) is 5.85. The first kappa shape index (κ1) is 21.5. The molecule has 0 aliphatic heterocycles. The molecule has 1 heterocycles. The lowest BCUT2D eigenvalue weighted by Crippen LogP contribution is -2.05. The lowest BCUT2D eigenvalue weighted by Gasteiger charge is -2.08. The fourth-order valence-electron chi connectivity index (χ4n) is 3.39. The summed E-state index contributed by atoms with van der Waals surface area (Å²) in [6.45, 7) is 4.93. The normalized spacial score (nSPS) is 11.3. The van der Waals surface area contributed by atoms with E-state index in [2.05, 4.69) is 19.9 Å². The van der Waals surface area contributed by atoms with Gasteiger partial charge < -0.3 is 5.11 Å². The largest absolute Gasteiger partial charge is 0.478 e. The van der Waals surface area contributed by atoms with Crippen molar-refractivity contribution in [2.45, 2.75) is 52.5 Å². The molecular formula is C25H29N3O2. The van der Waals surface area contributed by atoms with Crippen molar-refractivity contribution in [1.29, 1.82) is 0 Å². The molecule has 0 bridgehead atoms. The van der Waals surface area contributed by atoms with E-state index in [4.69, 9.17) is 10.1 Å². The molecule has 0 amide bonds. The van der Waals surface area contributed by atoms with Crippen molar-refractivity contribution in [3.63, 3.8) is 0 Å². The zero-order valence-corrected chi connectivity index (χ0v) is 17.7. The summed E-state index contributed by atoms with van der Waals surface area (Å²) < 4.78 is 1.95. The van der Waals surface area contributed by atoms with E-state index in [1.54, 1.807) is 12.1 Å². The molecule has 0 aliphatic rings. The van der Waals surface area contributed by atoms with Gasteiger partial charge in [-0.15, -0.1) is 0 Å². The molecule has 156 valence electrons. The summed E-state index contributed by atoms with van der Waals surface area (Å²) in [6, 6.07) is 15.1. The molecule has 1 aromatic heterocycles. The van der Waals surface area contributed by atoms with Crippen LogP contribution in [0.3, 0.4) is 0 Å². The molecule has 0 saturated heterocycles. The molecule has 0 spiro atoms. The molecular weight excluding hydrogens is 374 g/mol. The molecule has 5 heteroatoms. The molecule has 30 heavy (non-hydrogen) atoms. The predicted molar refractivity (Wildman–Crippen MR) is 121 cm³/mol. The smallest absolute Gasteiger partial charge is 0.336 e. The highest BCUT2D eigenvalue weighted by Gasteiger charge is 2.12. The number of nitrogens with zero attached hydrogens (tertiary/aromatic N) is 3. The van der Waals surface area contributed by atoms with E-state index in [1.165, 1.54) is 12.8 Å². The van der Waals surface area contributed by atoms with E-state index in [-0.39, 0.29) is 0 Å². The van der Waals surface area contributed by atoms with Gasteiger partial charge in [0.25, 0.3) is 0 Å². The average Bonchev–Trinajstić information content (AvgIpc) is 3.14. The van der Waals surface area contributed by atoms with E-state index in [0.29, 0.717) is 12.1 Å². The first-order chi connectivity index (χ1) is 14.6. The molecule has 0 atom stereocenters. The highest BCUT2D eigenvalue weighted by Crippen LogP contribution is 2.24. The molecule has 2 aromatic carbocycles. The second-order valence-corrected chi connectivity index (χ2v) is 7.36. The summed E-state index contributed by atoms with van der Waals surface area (Å²) in [5.74, 6) is 0.857. The maximum atomic E-state index is 11.5. The molecule has 3 rings (SSSR count). The van der Waals surface area contributed by atoms with E-state index in [1.807, 2.05) is 47.2 Å². The number of rotatable bonds is 10. The van der Waals surface area contributed by atoms with Gasteiger partial charge in [-0.1, -0.05) is 75.2 Å². The summed E-state index contributed by atoms with van der Waals surface area (Å²) in [5, 5.41) is 14.2. The van der Waals surface area contributed by atoms with Crippen LogP contribution in [-0.4, -0.2) is 25.8 Å². The first-order valence-electron chi connectivity index (χ1n) is 10.6. The van der Waals surface area contributed by atoms with Crippen molar-refractivity contribution in [3.8, 4) is 11.1 Å². The minimum Gasteiger partial charge on any atom is -0.478 e. The van der Waals surface area contributed by atoms with Crippen molar-refractivity contribution in [2.24, 2.45) is 0 Å². The van der Waals surface area contributed by atoms with Crippen molar-refractivity contribution in [3.05, 3.63) is 77.4 Å². The third-order valence-electron chi connectivity index (χ3n) is 5.01. The highest BCUT2D eigenvalue weighted by atomic mass is 16.4. The van der Waals surface area contributed by atoms with Crippen LogP contribution in [0.4, 0.5) is 0 Å². The standard InChI is InChI=1S/C25H29N3O2/c1-3-5-7-12-23-26-24(13-6-4-2)28(27-23)18-19-14-16-20(17-15-19)21-10-8-9-11-22(21)25(29)30/h6,8-11,13-17H,3-5,7,12,18H2,1-2H3,(H,29,30). The highest BCUT2D eigenvalue weighted by molar-refractivity contribution is 5.95. The maximum absolute atomic E-state index is 11.5. The van der Waals surface area contributed by atoms with Crippen LogP contribution in [0.5, 0.6) is 0 Å². The number of unbranched alkanes of at least 4 members (excludes halogenated alkanes) is 2. The zero-order chi connectivity index (χ0) is 21.3. The van der Waals surface area contributed by atoms with Crippen LogP contribution < -0.4 is 0 Å². The molecule has 0 aliphatic carbocycles. The van der Waals surface area contributed by atoms with Crippen LogP contribution in [0.15, 0.2) is 54.6 Å². The van der Waals surface area contributed by atoms with Gasteiger partial charge in [0, 0.05) is 6.42 Å². The molecule has 0 radical (unpaired) electrons. The topological polar surface area (TPSA) is 68.0 Å². The lowest BCUT2D eigenvalue weighted by atomic mass is 9.99. The molecule has 5 nitrogen and oxygen atoms in total. The summed E-state index contributed by atoms with van der Waals surface area (Å²) in [6.07, 6.45) is 9.47. The Balaban J connectivity index is 1.81.